The van der Waals surface area contributed by atoms with Crippen LogP contribution in [0.3, 0.4) is 0 Å². The summed E-state index contributed by atoms with van der Waals surface area (Å²) in [6, 6.07) is 12.5. The van der Waals surface area contributed by atoms with Crippen LogP contribution in [0.2, 0.25) is 5.02 Å². The van der Waals surface area contributed by atoms with Crippen LogP contribution < -0.4 is 10.4 Å². The van der Waals surface area contributed by atoms with Crippen molar-refractivity contribution in [2.75, 3.05) is 7.11 Å². The quantitative estimate of drug-likeness (QED) is 0.334. The number of hydrogen-bond donors (Lipinski definition) is 2. The third kappa shape index (κ3) is 4.23. The molecular formula is C27H24ClF3N2O5. The first-order chi connectivity index (χ1) is 17.7. The molecular weight excluding hydrogens is 525 g/mol. The topological polar surface area (TPSA) is 93.7 Å². The van der Waals surface area contributed by atoms with Crippen molar-refractivity contribution < 1.29 is 32.9 Å². The molecule has 0 bridgehead atoms. The Kier molecular flexibility index (Phi) is 6.83. The van der Waals surface area contributed by atoms with Gasteiger partial charge in [0, 0.05) is 25.0 Å². The predicted molar refractivity (Wildman–Crippen MR) is 137 cm³/mol. The number of hydrogen-bond acceptors (Lipinski definition) is 4. The van der Waals surface area contributed by atoms with Crippen molar-refractivity contribution in [3.63, 3.8) is 0 Å². The number of aryl methyl sites for hydroxylation is 2. The summed E-state index contributed by atoms with van der Waals surface area (Å²) in [7, 11) is 4.28. The van der Waals surface area contributed by atoms with Gasteiger partial charge < -0.3 is 14.9 Å². The van der Waals surface area contributed by atoms with Gasteiger partial charge in [0.25, 0.3) is 0 Å². The van der Waals surface area contributed by atoms with Crippen LogP contribution in [-0.2, 0) is 19.7 Å². The van der Waals surface area contributed by atoms with Crippen molar-refractivity contribution >= 4 is 28.6 Å². The first-order valence-electron chi connectivity index (χ1n) is 11.4. The van der Waals surface area contributed by atoms with Gasteiger partial charge in [0.15, 0.2) is 5.60 Å². The van der Waals surface area contributed by atoms with E-state index in [1.165, 1.54) is 85.8 Å². The van der Waals surface area contributed by atoms with Crippen LogP contribution in [0, 0.1) is 0 Å². The van der Waals surface area contributed by atoms with E-state index in [2.05, 4.69) is 0 Å². The highest BCUT2D eigenvalue weighted by Crippen LogP contribution is 2.50. The molecule has 11 heteroatoms. The number of methoxy groups -OCH3 is 1. The number of nitrogens with zero attached hydrogens (tertiary/aromatic N) is 2. The summed E-state index contributed by atoms with van der Waals surface area (Å²) in [6.45, 7) is 1.23. The van der Waals surface area contributed by atoms with E-state index >= 15 is 0 Å². The lowest BCUT2D eigenvalue weighted by molar-refractivity contribution is -0.274. The van der Waals surface area contributed by atoms with Gasteiger partial charge in [0.1, 0.15) is 11.3 Å². The van der Waals surface area contributed by atoms with Gasteiger partial charge >= 0.3 is 17.8 Å². The molecule has 0 saturated heterocycles. The third-order valence-corrected chi connectivity index (χ3v) is 7.33. The summed E-state index contributed by atoms with van der Waals surface area (Å²) >= 11 is 6.46. The van der Waals surface area contributed by atoms with Gasteiger partial charge in [-0.1, -0.05) is 42.8 Å². The van der Waals surface area contributed by atoms with E-state index in [9.17, 15) is 33.0 Å². The molecule has 0 unspecified atom stereocenters. The summed E-state index contributed by atoms with van der Waals surface area (Å²) in [6.07, 6.45) is -5.09. The van der Waals surface area contributed by atoms with Gasteiger partial charge in [-0.15, -0.1) is 0 Å². The Hall–Kier alpha value is -3.76. The predicted octanol–water partition coefficient (Wildman–Crippen LogP) is 5.46. The average molecular weight is 549 g/mol. The van der Waals surface area contributed by atoms with E-state index in [-0.39, 0.29) is 27.4 Å². The second kappa shape index (κ2) is 9.52. The molecule has 1 heterocycles. The van der Waals surface area contributed by atoms with Crippen molar-refractivity contribution in [2.24, 2.45) is 14.1 Å². The molecule has 0 saturated carbocycles. The van der Waals surface area contributed by atoms with Crippen molar-refractivity contribution in [1.82, 2.24) is 9.13 Å². The Labute approximate surface area is 220 Å². The molecule has 38 heavy (non-hydrogen) atoms. The molecule has 0 aliphatic carbocycles. The zero-order valence-corrected chi connectivity index (χ0v) is 21.6. The normalized spacial score (nSPS) is 14.3. The van der Waals surface area contributed by atoms with Gasteiger partial charge in [-0.3, -0.25) is 9.13 Å². The van der Waals surface area contributed by atoms with Crippen molar-refractivity contribution in [1.29, 1.82) is 0 Å². The zero-order chi connectivity index (χ0) is 28.2. The van der Waals surface area contributed by atoms with Gasteiger partial charge in [-0.05, 0) is 52.6 Å². The lowest BCUT2D eigenvalue weighted by Crippen LogP contribution is -2.46. The Balaban J connectivity index is 1.81. The molecule has 0 fully saturated rings. The number of carboxylic acids is 1. The fourth-order valence-electron chi connectivity index (χ4n) is 4.73. The largest absolute Gasteiger partial charge is 0.496 e. The molecule has 7 nitrogen and oxygen atoms in total. The summed E-state index contributed by atoms with van der Waals surface area (Å²) < 4.78 is 51.3. The molecule has 4 aromatic rings. The number of benzene rings is 3. The lowest BCUT2D eigenvalue weighted by atomic mass is 9.77. The minimum Gasteiger partial charge on any atom is -0.496 e. The summed E-state index contributed by atoms with van der Waals surface area (Å²) in [5.74, 6) is -2.59. The highest BCUT2D eigenvalue weighted by atomic mass is 35.5. The average Bonchev–Trinajstić information content (AvgIpc) is 3.09. The number of ether oxygens (including phenoxy) is 1. The number of carbonyl (C=O) groups is 1. The maximum Gasteiger partial charge on any atom is 0.422 e. The zero-order valence-electron chi connectivity index (χ0n) is 20.8. The molecule has 3 aromatic carbocycles. The van der Waals surface area contributed by atoms with Gasteiger partial charge in [-0.25, -0.2) is 9.59 Å². The van der Waals surface area contributed by atoms with Gasteiger partial charge in [0.2, 0.25) is 0 Å². The van der Waals surface area contributed by atoms with E-state index in [1.807, 2.05) is 0 Å². The number of alkyl halides is 3. The molecule has 200 valence electrons. The van der Waals surface area contributed by atoms with E-state index in [1.54, 1.807) is 0 Å². The van der Waals surface area contributed by atoms with E-state index < -0.39 is 34.9 Å². The highest BCUT2D eigenvalue weighted by molar-refractivity contribution is 6.31. The van der Waals surface area contributed by atoms with Crippen LogP contribution in [-0.4, -0.2) is 38.6 Å². The first-order valence-corrected chi connectivity index (χ1v) is 11.8. The smallest absolute Gasteiger partial charge is 0.422 e. The molecule has 4 rings (SSSR count). The number of carboxylic acid groups (broad SMARTS) is 1. The van der Waals surface area contributed by atoms with Crippen LogP contribution in [0.5, 0.6) is 5.75 Å². The van der Waals surface area contributed by atoms with E-state index in [4.69, 9.17) is 16.3 Å². The van der Waals surface area contributed by atoms with Crippen LogP contribution in [0.25, 0.3) is 22.2 Å². The molecule has 0 amide bonds. The van der Waals surface area contributed by atoms with Crippen LogP contribution >= 0.6 is 11.6 Å². The Morgan fingerprint density at radius 2 is 1.58 bits per heavy atom. The molecule has 0 radical (unpaired) electrons. The molecule has 0 aliphatic rings. The lowest BCUT2D eigenvalue weighted by Gasteiger charge is -2.37. The monoisotopic (exact) mass is 548 g/mol. The highest BCUT2D eigenvalue weighted by Gasteiger charge is 2.59. The Morgan fingerprint density at radius 3 is 2.16 bits per heavy atom. The molecule has 1 aromatic heterocycles. The Bertz CT molecular complexity index is 1630. The van der Waals surface area contributed by atoms with Crippen molar-refractivity contribution in [3.8, 4) is 16.9 Å². The second-order valence-corrected chi connectivity index (χ2v) is 9.45. The third-order valence-electron chi connectivity index (χ3n) is 7.00. The minimum absolute atomic E-state index is 0.0212. The van der Waals surface area contributed by atoms with Gasteiger partial charge in [-0.2, -0.15) is 13.2 Å². The van der Waals surface area contributed by atoms with E-state index in [0.29, 0.717) is 16.6 Å². The molecule has 0 aliphatic heterocycles. The van der Waals surface area contributed by atoms with Crippen LogP contribution in [0.4, 0.5) is 13.2 Å². The minimum atomic E-state index is -5.09. The molecule has 2 N–H and O–H groups in total. The standard InChI is InChI=1S/C27H24ClF3N2O5/c1-14(18-8-5-15(11-20(18)28)16-6-9-19(24(34)35)23(12-16)38-4)26(37,27(29,30)31)17-7-10-21-22(13-17)33(3)25(36)32(21)2/h5-14,37H,1-4H3,(H,34,35)/t14-,26-/m1/s1. The summed E-state index contributed by atoms with van der Waals surface area (Å²) in [5.41, 5.74) is -2.46. The maximum atomic E-state index is 14.5. The fourth-order valence-corrected chi connectivity index (χ4v) is 5.08. The summed E-state index contributed by atoms with van der Waals surface area (Å²) in [5, 5.41) is 20.5. The Morgan fingerprint density at radius 1 is 0.974 bits per heavy atom. The van der Waals surface area contributed by atoms with Crippen molar-refractivity contribution in [2.45, 2.75) is 24.6 Å². The SMILES string of the molecule is COc1cc(-c2ccc([C@@H](C)[C@@](O)(c3ccc4c(c3)n(C)c(=O)n4C)C(F)(F)F)c(Cl)c2)ccc1C(=O)O. The van der Waals surface area contributed by atoms with Crippen molar-refractivity contribution in [3.05, 3.63) is 86.8 Å². The fraction of sp³-hybridized carbons (Fsp3) is 0.259. The number of halogens is 4. The number of aromatic nitrogens is 2. The first kappa shape index (κ1) is 27.3. The molecule has 0 spiro atoms. The molecule has 2 atom stereocenters. The van der Waals surface area contributed by atoms with Crippen LogP contribution in [0.1, 0.15) is 34.3 Å². The number of fused-ring (bicyclic) bond motifs is 1. The van der Waals surface area contributed by atoms with Gasteiger partial charge in [0.05, 0.1) is 18.1 Å². The summed E-state index contributed by atoms with van der Waals surface area (Å²) in [4.78, 5) is 23.6. The number of aliphatic hydroxyl groups is 1. The number of rotatable bonds is 6. The number of imidazole rings is 1. The van der Waals surface area contributed by atoms with Crippen LogP contribution in [0.15, 0.2) is 59.4 Å². The maximum absolute atomic E-state index is 14.5. The second-order valence-electron chi connectivity index (χ2n) is 9.05. The number of aromatic carboxylic acids is 1. The van der Waals surface area contributed by atoms with E-state index in [0.717, 1.165) is 6.07 Å².